The molecule has 1 aromatic rings. The molecule has 1 N–H and O–H groups in total. The molecule has 2 aliphatic rings. The number of esters is 1. The van der Waals surface area contributed by atoms with E-state index in [1.54, 1.807) is 18.2 Å². The van der Waals surface area contributed by atoms with Gasteiger partial charge in [0, 0.05) is 15.7 Å². The van der Waals surface area contributed by atoms with Crippen molar-refractivity contribution < 1.29 is 14.3 Å². The second kappa shape index (κ2) is 6.31. The predicted octanol–water partition coefficient (Wildman–Crippen LogP) is 3.69. The summed E-state index contributed by atoms with van der Waals surface area (Å²) in [4.78, 5) is 23.8. The van der Waals surface area contributed by atoms with Crippen molar-refractivity contribution in [1.82, 2.24) is 0 Å². The highest BCUT2D eigenvalue weighted by atomic mass is 35.5. The molecule has 2 bridgehead atoms. The van der Waals surface area contributed by atoms with E-state index in [9.17, 15) is 9.59 Å². The topological polar surface area (TPSA) is 55.4 Å². The lowest BCUT2D eigenvalue weighted by molar-refractivity contribution is -0.152. The molecular weight excluding hydrogens is 325 g/mol. The van der Waals surface area contributed by atoms with Gasteiger partial charge in [0.1, 0.15) is 0 Å². The van der Waals surface area contributed by atoms with Gasteiger partial charge in [-0.2, -0.15) is 0 Å². The van der Waals surface area contributed by atoms with Crippen molar-refractivity contribution in [1.29, 1.82) is 0 Å². The van der Waals surface area contributed by atoms with E-state index >= 15 is 0 Å². The molecule has 0 heterocycles. The van der Waals surface area contributed by atoms with Gasteiger partial charge in [0.25, 0.3) is 5.91 Å². The molecule has 0 aliphatic heterocycles. The number of benzene rings is 1. The minimum Gasteiger partial charge on any atom is -0.455 e. The van der Waals surface area contributed by atoms with Crippen LogP contribution < -0.4 is 5.32 Å². The van der Waals surface area contributed by atoms with Crippen LogP contribution in [0.1, 0.15) is 12.8 Å². The first kappa shape index (κ1) is 15.4. The minimum absolute atomic E-state index is 0.108. The fraction of sp³-hybridized carbons (Fsp3) is 0.375. The molecule has 2 aliphatic carbocycles. The van der Waals surface area contributed by atoms with Crippen molar-refractivity contribution in [3.8, 4) is 0 Å². The molecule has 1 amide bonds. The number of hydrogen-bond acceptors (Lipinski definition) is 3. The molecule has 3 atom stereocenters. The second-order valence-corrected chi connectivity index (χ2v) is 6.57. The van der Waals surface area contributed by atoms with Crippen molar-refractivity contribution in [2.24, 2.45) is 17.8 Å². The molecule has 116 valence electrons. The highest BCUT2D eigenvalue weighted by molar-refractivity contribution is 6.35. The lowest BCUT2D eigenvalue weighted by atomic mass is 9.94. The summed E-state index contributed by atoms with van der Waals surface area (Å²) in [5.41, 5.74) is 0.474. The number of rotatable bonds is 4. The zero-order valence-corrected chi connectivity index (χ0v) is 13.2. The Hall–Kier alpha value is -1.52. The number of allylic oxidation sites excluding steroid dienone is 2. The Kier molecular flexibility index (Phi) is 4.41. The molecule has 6 heteroatoms. The van der Waals surface area contributed by atoms with Crippen molar-refractivity contribution >= 4 is 40.8 Å². The van der Waals surface area contributed by atoms with Crippen LogP contribution in [0.3, 0.4) is 0 Å². The Morgan fingerprint density at radius 3 is 2.45 bits per heavy atom. The lowest BCUT2D eigenvalue weighted by Gasteiger charge is -2.16. The number of nitrogens with one attached hydrogen (secondary N) is 1. The number of carbonyl (C=O) groups is 2. The van der Waals surface area contributed by atoms with E-state index in [4.69, 9.17) is 27.9 Å². The number of anilines is 1. The van der Waals surface area contributed by atoms with Gasteiger partial charge in [-0.25, -0.2) is 0 Å². The fourth-order valence-electron chi connectivity index (χ4n) is 3.12. The third-order valence-corrected chi connectivity index (χ3v) is 4.51. The normalized spacial score (nSPS) is 25.3. The highest BCUT2D eigenvalue weighted by Gasteiger charge is 2.40. The Morgan fingerprint density at radius 1 is 1.14 bits per heavy atom. The maximum absolute atomic E-state index is 12.0. The van der Waals surface area contributed by atoms with Crippen LogP contribution in [0.25, 0.3) is 0 Å². The summed E-state index contributed by atoms with van der Waals surface area (Å²) in [6.07, 6.45) is 6.08. The van der Waals surface area contributed by atoms with E-state index in [0.29, 0.717) is 21.7 Å². The molecule has 0 spiro atoms. The molecule has 0 radical (unpaired) electrons. The van der Waals surface area contributed by atoms with Crippen LogP contribution in [-0.4, -0.2) is 18.5 Å². The van der Waals surface area contributed by atoms with Crippen LogP contribution in [-0.2, 0) is 14.3 Å². The van der Waals surface area contributed by atoms with Crippen LogP contribution in [0.4, 0.5) is 5.69 Å². The van der Waals surface area contributed by atoms with Gasteiger partial charge in [-0.05, 0) is 42.9 Å². The maximum Gasteiger partial charge on any atom is 0.310 e. The van der Waals surface area contributed by atoms with Gasteiger partial charge in [-0.15, -0.1) is 0 Å². The lowest BCUT2D eigenvalue weighted by Crippen LogP contribution is -2.26. The van der Waals surface area contributed by atoms with Gasteiger partial charge >= 0.3 is 5.97 Å². The molecule has 0 aromatic heterocycles. The first-order chi connectivity index (χ1) is 10.5. The Labute approximate surface area is 138 Å². The zero-order valence-electron chi connectivity index (χ0n) is 11.7. The molecule has 1 fully saturated rings. The highest BCUT2D eigenvalue weighted by Crippen LogP contribution is 2.43. The van der Waals surface area contributed by atoms with Crippen LogP contribution in [0.5, 0.6) is 0 Å². The smallest absolute Gasteiger partial charge is 0.310 e. The van der Waals surface area contributed by atoms with Gasteiger partial charge in [0.15, 0.2) is 6.61 Å². The summed E-state index contributed by atoms with van der Waals surface area (Å²) >= 11 is 11.7. The van der Waals surface area contributed by atoms with Crippen molar-refractivity contribution in [3.63, 3.8) is 0 Å². The van der Waals surface area contributed by atoms with Crippen molar-refractivity contribution in [2.45, 2.75) is 12.8 Å². The number of amides is 1. The van der Waals surface area contributed by atoms with Crippen LogP contribution in [0.2, 0.25) is 10.0 Å². The first-order valence-electron chi connectivity index (χ1n) is 7.12. The largest absolute Gasteiger partial charge is 0.455 e. The summed E-state index contributed by atoms with van der Waals surface area (Å²) in [5.74, 6) is -0.0535. The molecule has 0 unspecified atom stereocenters. The van der Waals surface area contributed by atoms with Crippen LogP contribution in [0.15, 0.2) is 30.4 Å². The standard InChI is InChI=1S/C16H15Cl2NO3/c17-11-5-12(18)7-13(6-11)19-15(20)8-22-16(21)14-4-9-1-2-10(14)3-9/h1-2,5-7,9-10,14H,3-4,8H2,(H,19,20)/t9-,10+,14+/m1/s1. The second-order valence-electron chi connectivity index (χ2n) is 5.70. The third-order valence-electron chi connectivity index (χ3n) is 4.07. The minimum atomic E-state index is -0.412. The Morgan fingerprint density at radius 2 is 1.86 bits per heavy atom. The summed E-state index contributed by atoms with van der Waals surface area (Å²) in [7, 11) is 0. The molecule has 22 heavy (non-hydrogen) atoms. The van der Waals surface area contributed by atoms with E-state index in [1.807, 2.05) is 0 Å². The monoisotopic (exact) mass is 339 g/mol. The van der Waals surface area contributed by atoms with E-state index in [1.165, 1.54) is 0 Å². The number of fused-ring (bicyclic) bond motifs is 2. The number of ether oxygens (including phenoxy) is 1. The third kappa shape index (κ3) is 3.45. The summed E-state index contributed by atoms with van der Waals surface area (Å²) in [5, 5.41) is 3.45. The van der Waals surface area contributed by atoms with Crippen LogP contribution in [0, 0.1) is 17.8 Å². The van der Waals surface area contributed by atoms with Gasteiger partial charge < -0.3 is 10.1 Å². The van der Waals surface area contributed by atoms with E-state index < -0.39 is 5.91 Å². The summed E-state index contributed by atoms with van der Waals surface area (Å²) in [6, 6.07) is 4.73. The summed E-state index contributed by atoms with van der Waals surface area (Å²) < 4.78 is 5.12. The maximum atomic E-state index is 12.0. The van der Waals surface area contributed by atoms with Gasteiger partial charge in [-0.3, -0.25) is 9.59 Å². The number of carbonyl (C=O) groups excluding carboxylic acids is 2. The molecular formula is C16H15Cl2NO3. The van der Waals surface area contributed by atoms with E-state index in [-0.39, 0.29) is 24.4 Å². The molecule has 0 saturated heterocycles. The van der Waals surface area contributed by atoms with Gasteiger partial charge in [-0.1, -0.05) is 35.4 Å². The molecule has 1 saturated carbocycles. The quantitative estimate of drug-likeness (QED) is 0.672. The van der Waals surface area contributed by atoms with Crippen molar-refractivity contribution in [3.05, 3.63) is 40.4 Å². The van der Waals surface area contributed by atoms with Crippen LogP contribution >= 0.6 is 23.2 Å². The average molecular weight is 340 g/mol. The van der Waals surface area contributed by atoms with Gasteiger partial charge in [0.2, 0.25) is 0 Å². The van der Waals surface area contributed by atoms with Gasteiger partial charge in [0.05, 0.1) is 5.92 Å². The molecule has 4 nitrogen and oxygen atoms in total. The average Bonchev–Trinajstić information content (AvgIpc) is 3.06. The molecule has 3 rings (SSSR count). The Balaban J connectivity index is 1.50. The summed E-state index contributed by atoms with van der Waals surface area (Å²) in [6.45, 7) is -0.305. The van der Waals surface area contributed by atoms with E-state index in [2.05, 4.69) is 17.5 Å². The van der Waals surface area contributed by atoms with Crippen molar-refractivity contribution in [2.75, 3.05) is 11.9 Å². The van der Waals surface area contributed by atoms with E-state index in [0.717, 1.165) is 12.8 Å². The fourth-order valence-corrected chi connectivity index (χ4v) is 3.64. The predicted molar refractivity (Wildman–Crippen MR) is 84.9 cm³/mol. The Bertz CT molecular complexity index is 624. The molecule has 1 aromatic carbocycles. The SMILES string of the molecule is O=C(COC(=O)[C@H]1C[C@@H]2C=C[C@H]1C2)Nc1cc(Cl)cc(Cl)c1. The zero-order chi connectivity index (χ0) is 15.7. The number of hydrogen-bond donors (Lipinski definition) is 1. The first-order valence-corrected chi connectivity index (χ1v) is 7.88. The number of halogens is 2.